The highest BCUT2D eigenvalue weighted by Gasteiger charge is 2.43. The van der Waals surface area contributed by atoms with E-state index in [4.69, 9.17) is 0 Å². The van der Waals surface area contributed by atoms with E-state index in [0.29, 0.717) is 13.1 Å². The van der Waals surface area contributed by atoms with Crippen LogP contribution < -0.4 is 0 Å². The van der Waals surface area contributed by atoms with Crippen LogP contribution in [-0.2, 0) is 9.59 Å². The molecular formula is C19H18N2O2. The van der Waals surface area contributed by atoms with Crippen molar-refractivity contribution in [2.24, 2.45) is 0 Å². The fraction of sp³-hybridized carbons (Fsp3) is 0.263. The zero-order valence-corrected chi connectivity index (χ0v) is 13.0. The molecule has 2 heterocycles. The molecule has 23 heavy (non-hydrogen) atoms. The summed E-state index contributed by atoms with van der Waals surface area (Å²) in [7, 11) is 1.70. The van der Waals surface area contributed by atoms with E-state index < -0.39 is 5.91 Å². The summed E-state index contributed by atoms with van der Waals surface area (Å²) in [4.78, 5) is 27.8. The minimum atomic E-state index is -0.410. The molecule has 2 aromatic carbocycles. The molecule has 0 bridgehead atoms. The summed E-state index contributed by atoms with van der Waals surface area (Å²) in [6, 6.07) is 18.4. The average Bonchev–Trinajstić information content (AvgIpc) is 2.60. The Bertz CT molecular complexity index is 772. The Kier molecular flexibility index (Phi) is 3.18. The molecule has 0 aliphatic carbocycles. The maximum atomic E-state index is 12.5. The number of carbonyl (C=O) groups excluding carboxylic acids is 2. The first-order valence-corrected chi connectivity index (χ1v) is 7.86. The van der Waals surface area contributed by atoms with E-state index in [2.05, 4.69) is 24.3 Å². The van der Waals surface area contributed by atoms with Crippen molar-refractivity contribution in [1.29, 1.82) is 0 Å². The molecule has 1 saturated heterocycles. The summed E-state index contributed by atoms with van der Waals surface area (Å²) in [5, 5.41) is 0. The van der Waals surface area contributed by atoms with E-state index in [0.717, 1.165) is 5.56 Å². The molecule has 2 atom stereocenters. The molecule has 0 spiro atoms. The first-order chi connectivity index (χ1) is 11.2. The zero-order chi connectivity index (χ0) is 16.0. The van der Waals surface area contributed by atoms with Crippen molar-refractivity contribution in [3.05, 3.63) is 71.3 Å². The molecule has 0 aromatic heterocycles. The number of fused-ring (bicyclic) bond motifs is 3. The van der Waals surface area contributed by atoms with E-state index in [-0.39, 0.29) is 17.9 Å². The molecule has 2 aliphatic rings. The maximum Gasteiger partial charge on any atom is 0.312 e. The second-order valence-electron chi connectivity index (χ2n) is 6.25. The summed E-state index contributed by atoms with van der Waals surface area (Å²) >= 11 is 0. The molecule has 2 amide bonds. The number of benzene rings is 2. The van der Waals surface area contributed by atoms with Crippen LogP contribution in [0.15, 0.2) is 54.6 Å². The quantitative estimate of drug-likeness (QED) is 0.758. The normalized spacial score (nSPS) is 23.5. The van der Waals surface area contributed by atoms with Crippen molar-refractivity contribution < 1.29 is 9.59 Å². The predicted octanol–water partition coefficient (Wildman–Crippen LogP) is 2.17. The first-order valence-electron chi connectivity index (χ1n) is 7.86. The lowest BCUT2D eigenvalue weighted by molar-refractivity contribution is -0.158. The van der Waals surface area contributed by atoms with Gasteiger partial charge in [-0.3, -0.25) is 9.59 Å². The van der Waals surface area contributed by atoms with Gasteiger partial charge >= 0.3 is 11.8 Å². The summed E-state index contributed by atoms with van der Waals surface area (Å²) < 4.78 is 0. The van der Waals surface area contributed by atoms with Crippen LogP contribution >= 0.6 is 0 Å². The summed E-state index contributed by atoms with van der Waals surface area (Å²) in [5.74, 6) is -0.685. The molecule has 4 rings (SSSR count). The summed E-state index contributed by atoms with van der Waals surface area (Å²) in [6.07, 6.45) is 0. The number of likely N-dealkylation sites (N-methyl/N-ethyl adjacent to an activating group) is 1. The maximum absolute atomic E-state index is 12.5. The number of amides is 2. The Morgan fingerprint density at radius 1 is 0.826 bits per heavy atom. The second kappa shape index (κ2) is 5.23. The molecule has 2 aliphatic heterocycles. The van der Waals surface area contributed by atoms with Gasteiger partial charge in [0.25, 0.3) is 0 Å². The molecule has 0 N–H and O–H groups in total. The highest BCUT2D eigenvalue weighted by Crippen LogP contribution is 2.41. The van der Waals surface area contributed by atoms with Gasteiger partial charge in [-0.2, -0.15) is 0 Å². The van der Waals surface area contributed by atoms with Gasteiger partial charge in [0.05, 0.1) is 6.04 Å². The van der Waals surface area contributed by atoms with Crippen molar-refractivity contribution in [2.45, 2.75) is 12.0 Å². The highest BCUT2D eigenvalue weighted by atomic mass is 16.2. The number of nitrogens with zero attached hydrogens (tertiary/aromatic N) is 2. The minimum absolute atomic E-state index is 0.0404. The van der Waals surface area contributed by atoms with Crippen molar-refractivity contribution in [3.63, 3.8) is 0 Å². The Labute approximate surface area is 135 Å². The average molecular weight is 306 g/mol. The van der Waals surface area contributed by atoms with Crippen LogP contribution in [0.3, 0.4) is 0 Å². The van der Waals surface area contributed by atoms with E-state index in [1.54, 1.807) is 11.9 Å². The van der Waals surface area contributed by atoms with Crippen LogP contribution in [0.5, 0.6) is 0 Å². The number of rotatable bonds is 1. The van der Waals surface area contributed by atoms with Crippen LogP contribution in [0.4, 0.5) is 0 Å². The number of piperazine rings is 1. The Hall–Kier alpha value is -2.62. The third kappa shape index (κ3) is 2.13. The minimum Gasteiger partial charge on any atom is -0.335 e. The number of hydrogen-bond acceptors (Lipinski definition) is 2. The molecule has 2 unspecified atom stereocenters. The largest absolute Gasteiger partial charge is 0.335 e. The molecule has 4 heteroatoms. The van der Waals surface area contributed by atoms with E-state index in [1.165, 1.54) is 16.0 Å². The van der Waals surface area contributed by atoms with Crippen molar-refractivity contribution in [2.75, 3.05) is 20.1 Å². The van der Waals surface area contributed by atoms with E-state index >= 15 is 0 Å². The van der Waals surface area contributed by atoms with Crippen molar-refractivity contribution in [1.82, 2.24) is 9.80 Å². The van der Waals surface area contributed by atoms with Gasteiger partial charge in [0.2, 0.25) is 0 Å². The topological polar surface area (TPSA) is 40.6 Å². The van der Waals surface area contributed by atoms with Gasteiger partial charge < -0.3 is 9.80 Å². The lowest BCUT2D eigenvalue weighted by atomic mass is 9.80. The lowest BCUT2D eigenvalue weighted by Crippen LogP contribution is -2.57. The predicted molar refractivity (Wildman–Crippen MR) is 86.8 cm³/mol. The van der Waals surface area contributed by atoms with E-state index in [9.17, 15) is 9.59 Å². The van der Waals surface area contributed by atoms with Crippen LogP contribution in [0, 0.1) is 0 Å². The van der Waals surface area contributed by atoms with Gasteiger partial charge in [-0.15, -0.1) is 0 Å². The Balaban J connectivity index is 1.84. The van der Waals surface area contributed by atoms with Crippen LogP contribution in [0.2, 0.25) is 0 Å². The molecule has 1 fully saturated rings. The molecule has 2 aromatic rings. The Morgan fingerprint density at radius 3 is 2.22 bits per heavy atom. The van der Waals surface area contributed by atoms with Crippen molar-refractivity contribution in [3.8, 4) is 0 Å². The fourth-order valence-corrected chi connectivity index (χ4v) is 3.74. The summed E-state index contributed by atoms with van der Waals surface area (Å²) in [5.41, 5.74) is 3.59. The van der Waals surface area contributed by atoms with Gasteiger partial charge in [0, 0.05) is 26.1 Å². The molecule has 116 valence electrons. The van der Waals surface area contributed by atoms with Gasteiger partial charge in [0.1, 0.15) is 0 Å². The third-order valence-electron chi connectivity index (χ3n) is 4.93. The highest BCUT2D eigenvalue weighted by molar-refractivity contribution is 6.35. The second-order valence-corrected chi connectivity index (χ2v) is 6.25. The van der Waals surface area contributed by atoms with Crippen LogP contribution in [-0.4, -0.2) is 41.8 Å². The van der Waals surface area contributed by atoms with E-state index in [1.807, 2.05) is 30.3 Å². The monoisotopic (exact) mass is 306 g/mol. The molecule has 0 saturated carbocycles. The smallest absolute Gasteiger partial charge is 0.312 e. The third-order valence-corrected chi connectivity index (χ3v) is 4.93. The summed E-state index contributed by atoms with van der Waals surface area (Å²) in [6.45, 7) is 1.12. The molecular weight excluding hydrogens is 288 g/mol. The number of carbonyl (C=O) groups is 2. The van der Waals surface area contributed by atoms with Gasteiger partial charge in [0.15, 0.2) is 0 Å². The van der Waals surface area contributed by atoms with Gasteiger partial charge in [-0.05, 0) is 16.7 Å². The first kappa shape index (κ1) is 14.0. The molecule has 4 nitrogen and oxygen atoms in total. The molecule has 0 radical (unpaired) electrons. The van der Waals surface area contributed by atoms with Crippen LogP contribution in [0.1, 0.15) is 28.7 Å². The SMILES string of the molecule is CN1CC2c3ccccc3C(c3ccccc3)CN2C(=O)C1=O. The van der Waals surface area contributed by atoms with Gasteiger partial charge in [-0.25, -0.2) is 0 Å². The zero-order valence-electron chi connectivity index (χ0n) is 13.0. The fourth-order valence-electron chi connectivity index (χ4n) is 3.74. The van der Waals surface area contributed by atoms with Crippen LogP contribution in [0.25, 0.3) is 0 Å². The standard InChI is InChI=1S/C19H18N2O2/c1-20-12-17-15-10-6-5-9-14(15)16(13-7-3-2-4-8-13)11-21(17)19(23)18(20)22/h2-10,16-17H,11-12H2,1H3. The van der Waals surface area contributed by atoms with Crippen molar-refractivity contribution >= 4 is 11.8 Å². The Morgan fingerprint density at radius 2 is 1.48 bits per heavy atom. The lowest BCUT2D eigenvalue weighted by Gasteiger charge is -2.45. The number of hydrogen-bond donors (Lipinski definition) is 0. The van der Waals surface area contributed by atoms with Gasteiger partial charge in [-0.1, -0.05) is 54.6 Å².